The van der Waals surface area contributed by atoms with E-state index in [4.69, 9.17) is 16.3 Å². The lowest BCUT2D eigenvalue weighted by Crippen LogP contribution is -2.39. The second-order valence-electron chi connectivity index (χ2n) is 4.74. The molecule has 116 valence electrons. The van der Waals surface area contributed by atoms with Gasteiger partial charge in [-0.2, -0.15) is 0 Å². The first-order valence-electron chi connectivity index (χ1n) is 6.79. The SMILES string of the molecule is CCOC(=O)CCN(C(=O)c1c(F)cccc1Cl)C(C)C. The van der Waals surface area contributed by atoms with Crippen LogP contribution in [-0.4, -0.2) is 36.0 Å². The number of ether oxygens (including phenoxy) is 1. The first-order valence-corrected chi connectivity index (χ1v) is 7.16. The van der Waals surface area contributed by atoms with Crippen molar-refractivity contribution in [1.29, 1.82) is 0 Å². The van der Waals surface area contributed by atoms with Crippen LogP contribution < -0.4 is 0 Å². The summed E-state index contributed by atoms with van der Waals surface area (Å²) in [4.78, 5) is 25.3. The van der Waals surface area contributed by atoms with Crippen LogP contribution >= 0.6 is 11.6 Å². The molecule has 0 radical (unpaired) electrons. The van der Waals surface area contributed by atoms with Gasteiger partial charge in [0.2, 0.25) is 0 Å². The van der Waals surface area contributed by atoms with E-state index < -0.39 is 17.7 Å². The minimum atomic E-state index is -0.672. The molecule has 0 aromatic heterocycles. The molecule has 0 aliphatic rings. The van der Waals surface area contributed by atoms with Gasteiger partial charge in [-0.25, -0.2) is 4.39 Å². The third kappa shape index (κ3) is 4.70. The molecule has 0 spiro atoms. The number of hydrogen-bond donors (Lipinski definition) is 0. The van der Waals surface area contributed by atoms with Crippen LogP contribution in [0.4, 0.5) is 4.39 Å². The average Bonchev–Trinajstić information content (AvgIpc) is 2.38. The molecule has 1 rings (SSSR count). The number of hydrogen-bond acceptors (Lipinski definition) is 3. The van der Waals surface area contributed by atoms with Gasteiger partial charge in [-0.15, -0.1) is 0 Å². The maximum Gasteiger partial charge on any atom is 0.307 e. The van der Waals surface area contributed by atoms with Crippen molar-refractivity contribution >= 4 is 23.5 Å². The van der Waals surface area contributed by atoms with Gasteiger partial charge in [0, 0.05) is 12.6 Å². The van der Waals surface area contributed by atoms with E-state index in [0.29, 0.717) is 0 Å². The summed E-state index contributed by atoms with van der Waals surface area (Å²) in [5.41, 5.74) is -0.170. The van der Waals surface area contributed by atoms with Crippen molar-refractivity contribution in [2.24, 2.45) is 0 Å². The Labute approximate surface area is 128 Å². The Hall–Kier alpha value is -1.62. The monoisotopic (exact) mass is 315 g/mol. The van der Waals surface area contributed by atoms with Crippen LogP contribution in [0.25, 0.3) is 0 Å². The van der Waals surface area contributed by atoms with Crippen molar-refractivity contribution in [1.82, 2.24) is 4.90 Å². The van der Waals surface area contributed by atoms with Crippen molar-refractivity contribution < 1.29 is 18.7 Å². The quantitative estimate of drug-likeness (QED) is 0.757. The number of nitrogens with zero attached hydrogens (tertiary/aromatic N) is 1. The minimum absolute atomic E-state index is 0.0572. The number of carbonyl (C=O) groups is 2. The van der Waals surface area contributed by atoms with E-state index in [-0.39, 0.29) is 36.2 Å². The molecule has 4 nitrogen and oxygen atoms in total. The van der Waals surface area contributed by atoms with Gasteiger partial charge in [0.15, 0.2) is 0 Å². The zero-order valence-electron chi connectivity index (χ0n) is 12.4. The number of amides is 1. The van der Waals surface area contributed by atoms with Gasteiger partial charge in [0.25, 0.3) is 5.91 Å². The molecule has 0 atom stereocenters. The van der Waals surface area contributed by atoms with Crippen LogP contribution in [0.5, 0.6) is 0 Å². The zero-order valence-corrected chi connectivity index (χ0v) is 13.1. The summed E-state index contributed by atoms with van der Waals surface area (Å²) in [6, 6.07) is 3.89. The van der Waals surface area contributed by atoms with Gasteiger partial charge >= 0.3 is 5.97 Å². The molecule has 1 amide bonds. The Morgan fingerprint density at radius 1 is 1.38 bits per heavy atom. The number of carbonyl (C=O) groups excluding carboxylic acids is 2. The summed E-state index contributed by atoms with van der Waals surface area (Å²) in [5, 5.41) is 0.0572. The summed E-state index contributed by atoms with van der Waals surface area (Å²) in [7, 11) is 0. The fourth-order valence-electron chi connectivity index (χ4n) is 1.88. The van der Waals surface area contributed by atoms with Crippen LogP contribution in [0.3, 0.4) is 0 Å². The molecule has 1 aromatic rings. The zero-order chi connectivity index (χ0) is 16.0. The number of rotatable bonds is 6. The topological polar surface area (TPSA) is 46.6 Å². The molecule has 0 bridgehead atoms. The van der Waals surface area contributed by atoms with Crippen LogP contribution in [0.1, 0.15) is 37.6 Å². The lowest BCUT2D eigenvalue weighted by Gasteiger charge is -2.27. The molecule has 1 aromatic carbocycles. The van der Waals surface area contributed by atoms with Gasteiger partial charge in [0.1, 0.15) is 5.82 Å². The van der Waals surface area contributed by atoms with Gasteiger partial charge < -0.3 is 9.64 Å². The van der Waals surface area contributed by atoms with Crippen molar-refractivity contribution in [2.45, 2.75) is 33.2 Å². The smallest absolute Gasteiger partial charge is 0.307 e. The molecule has 0 aliphatic carbocycles. The minimum Gasteiger partial charge on any atom is -0.466 e. The molecule has 0 saturated heterocycles. The summed E-state index contributed by atoms with van der Waals surface area (Å²) < 4.78 is 18.6. The van der Waals surface area contributed by atoms with E-state index >= 15 is 0 Å². The third-order valence-corrected chi connectivity index (χ3v) is 3.24. The van der Waals surface area contributed by atoms with Gasteiger partial charge in [-0.1, -0.05) is 17.7 Å². The molecule has 0 N–H and O–H groups in total. The molecule has 0 heterocycles. The molecule has 0 saturated carbocycles. The lowest BCUT2D eigenvalue weighted by atomic mass is 10.1. The summed E-state index contributed by atoms with van der Waals surface area (Å²) in [5.74, 6) is -1.60. The Bertz CT molecular complexity index is 499. The Morgan fingerprint density at radius 3 is 2.57 bits per heavy atom. The maximum atomic E-state index is 13.8. The van der Waals surface area contributed by atoms with Crippen LogP contribution in [-0.2, 0) is 9.53 Å². The second-order valence-corrected chi connectivity index (χ2v) is 5.15. The number of benzene rings is 1. The highest BCUT2D eigenvalue weighted by atomic mass is 35.5. The Kier molecular flexibility index (Phi) is 6.62. The van der Waals surface area contributed by atoms with E-state index in [1.807, 2.05) is 0 Å². The van der Waals surface area contributed by atoms with Gasteiger partial charge in [-0.3, -0.25) is 9.59 Å². The predicted molar refractivity (Wildman–Crippen MR) is 78.8 cm³/mol. The van der Waals surface area contributed by atoms with Crippen LogP contribution in [0.2, 0.25) is 5.02 Å². The third-order valence-electron chi connectivity index (χ3n) is 2.92. The number of halogens is 2. The molecular formula is C15H19ClFNO3. The van der Waals surface area contributed by atoms with Crippen molar-refractivity contribution in [3.8, 4) is 0 Å². The summed E-state index contributed by atoms with van der Waals surface area (Å²) in [6.07, 6.45) is 0.0594. The number of esters is 1. The van der Waals surface area contributed by atoms with Crippen LogP contribution in [0, 0.1) is 5.82 Å². The Morgan fingerprint density at radius 2 is 2.05 bits per heavy atom. The summed E-state index contributed by atoms with van der Waals surface area (Å²) in [6.45, 7) is 5.73. The van der Waals surface area contributed by atoms with Crippen molar-refractivity contribution in [3.05, 3.63) is 34.6 Å². The first kappa shape index (κ1) is 17.4. The molecule has 0 aliphatic heterocycles. The van der Waals surface area contributed by atoms with E-state index in [9.17, 15) is 14.0 Å². The highest BCUT2D eigenvalue weighted by Gasteiger charge is 2.24. The molecule has 21 heavy (non-hydrogen) atoms. The first-order chi connectivity index (χ1) is 9.88. The molecular weight excluding hydrogens is 297 g/mol. The highest BCUT2D eigenvalue weighted by Crippen LogP contribution is 2.22. The maximum absolute atomic E-state index is 13.8. The van der Waals surface area contributed by atoms with E-state index in [0.717, 1.165) is 0 Å². The van der Waals surface area contributed by atoms with E-state index in [1.165, 1.54) is 23.1 Å². The fraction of sp³-hybridized carbons (Fsp3) is 0.467. The standard InChI is InChI=1S/C15H19ClFNO3/c1-4-21-13(19)8-9-18(10(2)3)15(20)14-11(16)6-5-7-12(14)17/h5-7,10H,4,8-9H2,1-3H3. The normalized spacial score (nSPS) is 10.6. The van der Waals surface area contributed by atoms with E-state index in [1.54, 1.807) is 20.8 Å². The summed E-state index contributed by atoms with van der Waals surface area (Å²) >= 11 is 5.91. The highest BCUT2D eigenvalue weighted by molar-refractivity contribution is 6.33. The van der Waals surface area contributed by atoms with Gasteiger partial charge in [0.05, 0.1) is 23.6 Å². The fourth-order valence-corrected chi connectivity index (χ4v) is 2.13. The van der Waals surface area contributed by atoms with Crippen molar-refractivity contribution in [2.75, 3.05) is 13.2 Å². The van der Waals surface area contributed by atoms with Crippen LogP contribution in [0.15, 0.2) is 18.2 Å². The molecule has 0 unspecified atom stereocenters. The largest absolute Gasteiger partial charge is 0.466 e. The molecule has 6 heteroatoms. The second kappa shape index (κ2) is 7.98. The average molecular weight is 316 g/mol. The molecule has 0 fully saturated rings. The lowest BCUT2D eigenvalue weighted by molar-refractivity contribution is -0.143. The predicted octanol–water partition coefficient (Wildman–Crippen LogP) is 3.28. The van der Waals surface area contributed by atoms with E-state index in [2.05, 4.69) is 0 Å². The Balaban J connectivity index is 2.90. The van der Waals surface area contributed by atoms with Gasteiger partial charge in [-0.05, 0) is 32.9 Å². The van der Waals surface area contributed by atoms with Crippen molar-refractivity contribution in [3.63, 3.8) is 0 Å².